The van der Waals surface area contributed by atoms with Crippen molar-refractivity contribution in [3.8, 4) is 11.8 Å². The molecule has 1 aliphatic rings. The van der Waals surface area contributed by atoms with Gasteiger partial charge in [-0.2, -0.15) is 0 Å². The van der Waals surface area contributed by atoms with Crippen LogP contribution >= 0.6 is 22.7 Å². The van der Waals surface area contributed by atoms with Gasteiger partial charge >= 0.3 is 12.1 Å². The van der Waals surface area contributed by atoms with Crippen molar-refractivity contribution in [3.05, 3.63) is 69.7 Å². The monoisotopic (exact) mass is 478 g/mol. The second kappa shape index (κ2) is 8.39. The minimum Gasteiger partial charge on any atom is -0.481 e. The molecule has 0 spiro atoms. The summed E-state index contributed by atoms with van der Waals surface area (Å²) >= 11 is 3.02. The van der Waals surface area contributed by atoms with Crippen LogP contribution in [0.4, 0.5) is 10.5 Å². The molecule has 9 heteroatoms. The Bertz CT molecular complexity index is 1370. The zero-order valence-electron chi connectivity index (χ0n) is 17.5. The first kappa shape index (κ1) is 21.2. The molecule has 0 saturated heterocycles. The number of aromatic nitrogens is 1. The number of carboxylic acid groups (broad SMARTS) is 1. The number of fused-ring (bicyclic) bond motifs is 1. The van der Waals surface area contributed by atoms with Gasteiger partial charge in [-0.05, 0) is 49.3 Å². The Morgan fingerprint density at radius 3 is 2.70 bits per heavy atom. The van der Waals surface area contributed by atoms with Gasteiger partial charge in [0.1, 0.15) is 23.5 Å². The van der Waals surface area contributed by atoms with E-state index in [2.05, 4.69) is 22.3 Å². The molecule has 1 aliphatic carbocycles. The molecule has 3 heterocycles. The number of aliphatic carboxylic acids is 1. The number of nitrogens with one attached hydrogen (secondary N) is 1. The van der Waals surface area contributed by atoms with Gasteiger partial charge in [-0.3, -0.25) is 10.1 Å². The van der Waals surface area contributed by atoms with E-state index in [1.165, 1.54) is 28.9 Å². The second-order valence-electron chi connectivity index (χ2n) is 7.76. The lowest BCUT2D eigenvalue weighted by Gasteiger charge is -2.13. The van der Waals surface area contributed by atoms with Crippen molar-refractivity contribution in [3.63, 3.8) is 0 Å². The molecule has 4 aromatic rings. The Morgan fingerprint density at radius 1 is 1.21 bits per heavy atom. The lowest BCUT2D eigenvalue weighted by molar-refractivity contribution is -0.139. The molecule has 1 aromatic carbocycles. The van der Waals surface area contributed by atoms with Crippen molar-refractivity contribution in [2.75, 3.05) is 5.32 Å². The fraction of sp³-hybridized carbons (Fsp3) is 0.208. The van der Waals surface area contributed by atoms with Crippen molar-refractivity contribution < 1.29 is 24.0 Å². The topological polar surface area (TPSA) is 102 Å². The maximum atomic E-state index is 12.3. The smallest absolute Gasteiger partial charge is 0.412 e. The number of benzene rings is 1. The van der Waals surface area contributed by atoms with Gasteiger partial charge in [-0.25, -0.2) is 4.79 Å². The fourth-order valence-corrected chi connectivity index (χ4v) is 5.99. The highest BCUT2D eigenvalue weighted by Gasteiger charge is 2.53. The number of ether oxygens (including phenoxy) is 1. The quantitative estimate of drug-likeness (QED) is 0.353. The van der Waals surface area contributed by atoms with Crippen molar-refractivity contribution in [2.45, 2.75) is 31.3 Å². The Kier molecular flexibility index (Phi) is 5.40. The summed E-state index contributed by atoms with van der Waals surface area (Å²) in [6.07, 6.45) is 1.64. The standard InChI is InChI=1S/C24H18N2O5S2/c1-14(15-5-3-2-4-6-15)31-23(29)25-19-13-30-26-18(19)8-7-17-11-16-12-20(33-21(16)32-17)24(9-10-24)22(27)28/h2-6,11-14H,9-10H2,1H3,(H,25,29)(H,27,28). The first-order valence-electron chi connectivity index (χ1n) is 10.2. The maximum absolute atomic E-state index is 12.3. The fourth-order valence-electron chi connectivity index (χ4n) is 3.46. The lowest BCUT2D eigenvalue weighted by Crippen LogP contribution is -2.17. The van der Waals surface area contributed by atoms with Crippen molar-refractivity contribution >= 4 is 49.8 Å². The van der Waals surface area contributed by atoms with E-state index in [-0.39, 0.29) is 0 Å². The van der Waals surface area contributed by atoms with E-state index in [0.717, 1.165) is 24.7 Å². The number of thiophene rings is 2. The molecule has 1 fully saturated rings. The summed E-state index contributed by atoms with van der Waals surface area (Å²) in [5.74, 6) is 5.21. The summed E-state index contributed by atoms with van der Waals surface area (Å²) in [5, 5.41) is 17.0. The highest BCUT2D eigenvalue weighted by atomic mass is 32.2. The van der Waals surface area contributed by atoms with Gasteiger partial charge < -0.3 is 14.4 Å². The van der Waals surface area contributed by atoms with Gasteiger partial charge in [0, 0.05) is 10.3 Å². The van der Waals surface area contributed by atoms with Crippen LogP contribution in [-0.2, 0) is 14.9 Å². The van der Waals surface area contributed by atoms with Crippen LogP contribution in [0, 0.1) is 11.8 Å². The van der Waals surface area contributed by atoms with Crippen LogP contribution in [0.15, 0.2) is 53.3 Å². The Balaban J connectivity index is 1.27. The molecule has 1 saturated carbocycles. The molecule has 0 aliphatic heterocycles. The number of nitrogens with zero attached hydrogens (tertiary/aromatic N) is 1. The predicted molar refractivity (Wildman–Crippen MR) is 126 cm³/mol. The van der Waals surface area contributed by atoms with Gasteiger partial charge in [-0.15, -0.1) is 22.7 Å². The largest absolute Gasteiger partial charge is 0.481 e. The normalized spacial score (nSPS) is 14.8. The Hall–Kier alpha value is -3.61. The molecule has 1 amide bonds. The molecule has 33 heavy (non-hydrogen) atoms. The second-order valence-corrected chi connectivity index (χ2v) is 10.1. The van der Waals surface area contributed by atoms with Crippen LogP contribution in [0.5, 0.6) is 0 Å². The molecule has 166 valence electrons. The molecule has 1 unspecified atom stereocenters. The average molecular weight is 479 g/mol. The zero-order valence-corrected chi connectivity index (χ0v) is 19.1. The number of carbonyl (C=O) groups excluding carboxylic acids is 1. The molecule has 0 bridgehead atoms. The van der Waals surface area contributed by atoms with E-state index < -0.39 is 23.6 Å². The summed E-state index contributed by atoms with van der Waals surface area (Å²) in [7, 11) is 0. The number of carboxylic acids is 1. The minimum absolute atomic E-state index is 0.291. The first-order valence-corrected chi connectivity index (χ1v) is 11.8. The van der Waals surface area contributed by atoms with E-state index >= 15 is 0 Å². The first-order chi connectivity index (χ1) is 15.9. The van der Waals surface area contributed by atoms with E-state index in [1.54, 1.807) is 6.92 Å². The zero-order chi connectivity index (χ0) is 23.0. The van der Waals surface area contributed by atoms with Crippen LogP contribution in [0.2, 0.25) is 0 Å². The SMILES string of the molecule is CC(OC(=O)Nc1conc1C#Cc1cc2cc(C3(C(=O)O)CC3)sc2s1)c1ccccc1. The van der Waals surface area contributed by atoms with Gasteiger partial charge in [0.15, 0.2) is 5.69 Å². The molecule has 2 N–H and O–H groups in total. The molecule has 3 aromatic heterocycles. The molecule has 0 radical (unpaired) electrons. The highest BCUT2D eigenvalue weighted by Crippen LogP contribution is 2.52. The maximum Gasteiger partial charge on any atom is 0.412 e. The van der Waals surface area contributed by atoms with E-state index in [0.29, 0.717) is 24.2 Å². The number of carbonyl (C=O) groups is 2. The summed E-state index contributed by atoms with van der Waals surface area (Å²) in [5.41, 5.74) is 0.809. The summed E-state index contributed by atoms with van der Waals surface area (Å²) in [4.78, 5) is 25.6. The summed E-state index contributed by atoms with van der Waals surface area (Å²) in [6, 6.07) is 13.3. The predicted octanol–water partition coefficient (Wildman–Crippen LogP) is 5.78. The van der Waals surface area contributed by atoms with Crippen LogP contribution in [0.1, 0.15) is 46.9 Å². The van der Waals surface area contributed by atoms with Crippen LogP contribution < -0.4 is 5.32 Å². The molecule has 7 nitrogen and oxygen atoms in total. The van der Waals surface area contributed by atoms with Gasteiger partial charge in [-0.1, -0.05) is 35.5 Å². The lowest BCUT2D eigenvalue weighted by atomic mass is 10.1. The number of amides is 1. The molecular formula is C24H18N2O5S2. The average Bonchev–Trinajstić information content (AvgIpc) is 3.12. The third kappa shape index (κ3) is 4.23. The molecule has 1 atom stereocenters. The van der Waals surface area contributed by atoms with Crippen LogP contribution in [0.25, 0.3) is 9.40 Å². The van der Waals surface area contributed by atoms with Gasteiger partial charge in [0.05, 0.1) is 8.89 Å². The number of rotatable bonds is 5. The molecular weight excluding hydrogens is 460 g/mol. The number of hydrogen-bond donors (Lipinski definition) is 2. The number of hydrogen-bond acceptors (Lipinski definition) is 7. The Morgan fingerprint density at radius 2 is 2.00 bits per heavy atom. The van der Waals surface area contributed by atoms with Gasteiger partial charge in [0.25, 0.3) is 0 Å². The summed E-state index contributed by atoms with van der Waals surface area (Å²) < 4.78 is 11.4. The highest BCUT2D eigenvalue weighted by molar-refractivity contribution is 7.38. The van der Waals surface area contributed by atoms with E-state index in [4.69, 9.17) is 9.26 Å². The van der Waals surface area contributed by atoms with Crippen molar-refractivity contribution in [1.82, 2.24) is 5.16 Å². The number of anilines is 1. The van der Waals surface area contributed by atoms with Crippen LogP contribution in [-0.4, -0.2) is 22.3 Å². The third-order valence-electron chi connectivity index (χ3n) is 5.51. The molecule has 5 rings (SSSR count). The van der Waals surface area contributed by atoms with E-state index in [1.807, 2.05) is 42.5 Å². The summed E-state index contributed by atoms with van der Waals surface area (Å²) in [6.45, 7) is 1.79. The van der Waals surface area contributed by atoms with Gasteiger partial charge in [0.2, 0.25) is 0 Å². The van der Waals surface area contributed by atoms with Crippen molar-refractivity contribution in [2.24, 2.45) is 0 Å². The third-order valence-corrected chi connectivity index (χ3v) is 8.02. The minimum atomic E-state index is -0.751. The Labute approximate surface area is 197 Å². The van der Waals surface area contributed by atoms with Crippen LogP contribution in [0.3, 0.4) is 0 Å². The van der Waals surface area contributed by atoms with E-state index in [9.17, 15) is 14.7 Å². The van der Waals surface area contributed by atoms with Crippen molar-refractivity contribution in [1.29, 1.82) is 0 Å².